The zero-order chi connectivity index (χ0) is 14.0. The van der Waals surface area contributed by atoms with Gasteiger partial charge in [0.15, 0.2) is 5.43 Å². The van der Waals surface area contributed by atoms with Gasteiger partial charge in [-0.15, -0.1) is 0 Å². The van der Waals surface area contributed by atoms with E-state index in [1.165, 1.54) is 0 Å². The summed E-state index contributed by atoms with van der Waals surface area (Å²) >= 11 is 0. The molecule has 1 heterocycles. The first kappa shape index (κ1) is 13.3. The summed E-state index contributed by atoms with van der Waals surface area (Å²) in [5.41, 5.74) is 2.12. The van der Waals surface area contributed by atoms with Crippen LogP contribution in [0.25, 0.3) is 10.9 Å². The number of carbonyl (C=O) groups excluding carboxylic acids is 1. The molecule has 0 spiro atoms. The van der Waals surface area contributed by atoms with Crippen LogP contribution in [0.2, 0.25) is 0 Å². The van der Waals surface area contributed by atoms with Crippen LogP contribution in [0.15, 0.2) is 29.1 Å². The molecule has 0 atom stereocenters. The Morgan fingerprint density at radius 1 is 1.26 bits per heavy atom. The minimum atomic E-state index is -0.396. The number of rotatable bonds is 3. The molecule has 1 aromatic heterocycles. The number of esters is 1. The van der Waals surface area contributed by atoms with Crippen LogP contribution in [0.5, 0.6) is 0 Å². The van der Waals surface area contributed by atoms with E-state index in [0.717, 1.165) is 17.8 Å². The Morgan fingerprint density at radius 2 is 2.00 bits per heavy atom. The zero-order valence-electron chi connectivity index (χ0n) is 11.4. The van der Waals surface area contributed by atoms with E-state index in [1.807, 2.05) is 18.4 Å². The van der Waals surface area contributed by atoms with Gasteiger partial charge >= 0.3 is 5.97 Å². The Hall–Kier alpha value is -2.10. The number of carbonyl (C=O) groups is 1. The first-order valence-corrected chi connectivity index (χ1v) is 6.39. The number of aromatic nitrogens is 1. The largest absolute Gasteiger partial charge is 0.462 e. The molecule has 0 amide bonds. The highest BCUT2D eigenvalue weighted by Gasteiger charge is 2.11. The molecule has 0 saturated heterocycles. The lowest BCUT2D eigenvalue weighted by atomic mass is 10.1. The van der Waals surface area contributed by atoms with Crippen LogP contribution in [0.1, 0.15) is 29.9 Å². The lowest BCUT2D eigenvalue weighted by Crippen LogP contribution is -2.12. The van der Waals surface area contributed by atoms with E-state index in [4.69, 9.17) is 4.74 Å². The van der Waals surface area contributed by atoms with E-state index in [2.05, 4.69) is 0 Å². The highest BCUT2D eigenvalue weighted by molar-refractivity contribution is 5.94. The lowest BCUT2D eigenvalue weighted by Gasteiger charge is -2.12. The van der Waals surface area contributed by atoms with Crippen LogP contribution in [-0.4, -0.2) is 17.1 Å². The third-order valence-corrected chi connectivity index (χ3v) is 3.15. The highest BCUT2D eigenvalue weighted by Crippen LogP contribution is 2.15. The summed E-state index contributed by atoms with van der Waals surface area (Å²) in [4.78, 5) is 23.7. The monoisotopic (exact) mass is 259 g/mol. The number of aryl methyl sites for hydroxylation is 2. The fourth-order valence-electron chi connectivity index (χ4n) is 2.27. The van der Waals surface area contributed by atoms with Crippen LogP contribution in [-0.2, 0) is 11.3 Å². The molecule has 2 rings (SSSR count). The van der Waals surface area contributed by atoms with Gasteiger partial charge in [0.2, 0.25) is 0 Å². The van der Waals surface area contributed by atoms with Gasteiger partial charge in [-0.25, -0.2) is 4.79 Å². The van der Waals surface area contributed by atoms with Gasteiger partial charge in [-0.1, -0.05) is 0 Å². The van der Waals surface area contributed by atoms with Gasteiger partial charge in [0, 0.05) is 23.7 Å². The Labute approximate surface area is 111 Å². The summed E-state index contributed by atoms with van der Waals surface area (Å²) in [5.74, 6) is -0.396. The van der Waals surface area contributed by atoms with E-state index in [-0.39, 0.29) is 5.43 Å². The van der Waals surface area contributed by atoms with Crippen molar-refractivity contribution in [1.82, 2.24) is 4.57 Å². The molecule has 2 aromatic rings. The molecule has 0 unspecified atom stereocenters. The van der Waals surface area contributed by atoms with Crippen molar-refractivity contribution in [2.24, 2.45) is 0 Å². The van der Waals surface area contributed by atoms with Gasteiger partial charge < -0.3 is 9.30 Å². The number of ether oxygens (including phenoxy) is 1. The summed E-state index contributed by atoms with van der Waals surface area (Å²) in [5, 5.41) is 0.554. The average molecular weight is 259 g/mol. The SMILES string of the molecule is CCOC(=O)c1ccc2c(c1)c(=O)cc(C)n2CC. The molecule has 1 aromatic carbocycles. The molecule has 19 heavy (non-hydrogen) atoms. The zero-order valence-corrected chi connectivity index (χ0v) is 11.4. The third-order valence-electron chi connectivity index (χ3n) is 3.15. The van der Waals surface area contributed by atoms with E-state index in [0.29, 0.717) is 17.6 Å². The summed E-state index contributed by atoms with van der Waals surface area (Å²) in [7, 11) is 0. The van der Waals surface area contributed by atoms with Crippen LogP contribution in [0.3, 0.4) is 0 Å². The third kappa shape index (κ3) is 2.38. The maximum absolute atomic E-state index is 12.0. The highest BCUT2D eigenvalue weighted by atomic mass is 16.5. The minimum absolute atomic E-state index is 0.0663. The minimum Gasteiger partial charge on any atom is -0.462 e. The molecule has 4 nitrogen and oxygen atoms in total. The van der Waals surface area contributed by atoms with Crippen LogP contribution < -0.4 is 5.43 Å². The van der Waals surface area contributed by atoms with E-state index < -0.39 is 5.97 Å². The van der Waals surface area contributed by atoms with Crippen molar-refractivity contribution >= 4 is 16.9 Å². The van der Waals surface area contributed by atoms with Gasteiger partial charge in [0.05, 0.1) is 17.7 Å². The topological polar surface area (TPSA) is 48.3 Å². The fourth-order valence-corrected chi connectivity index (χ4v) is 2.27. The molecule has 0 radical (unpaired) electrons. The molecule has 0 saturated carbocycles. The summed E-state index contributed by atoms with van der Waals surface area (Å²) in [6, 6.07) is 6.72. The predicted molar refractivity (Wildman–Crippen MR) is 74.6 cm³/mol. The Balaban J connectivity index is 2.67. The number of hydrogen-bond acceptors (Lipinski definition) is 3. The van der Waals surface area contributed by atoms with Crippen molar-refractivity contribution in [3.8, 4) is 0 Å². The molecule has 0 aliphatic carbocycles. The molecule has 100 valence electrons. The van der Waals surface area contributed by atoms with Gasteiger partial charge in [-0.3, -0.25) is 4.79 Å². The van der Waals surface area contributed by atoms with Gasteiger partial charge in [-0.05, 0) is 39.0 Å². The molecule has 4 heteroatoms. The predicted octanol–water partition coefficient (Wildman–Crippen LogP) is 2.51. The maximum atomic E-state index is 12.0. The second-order valence-electron chi connectivity index (χ2n) is 4.35. The second-order valence-corrected chi connectivity index (χ2v) is 4.35. The Kier molecular flexibility index (Phi) is 3.69. The van der Waals surface area contributed by atoms with Crippen molar-refractivity contribution < 1.29 is 9.53 Å². The molecule has 0 N–H and O–H groups in total. The Morgan fingerprint density at radius 3 is 2.63 bits per heavy atom. The Bertz CT molecular complexity index is 686. The summed E-state index contributed by atoms with van der Waals surface area (Å²) < 4.78 is 7.00. The maximum Gasteiger partial charge on any atom is 0.338 e. The molecule has 0 fully saturated rings. The quantitative estimate of drug-likeness (QED) is 0.796. The smallest absolute Gasteiger partial charge is 0.338 e. The van der Waals surface area contributed by atoms with Crippen LogP contribution in [0.4, 0.5) is 0 Å². The number of benzene rings is 1. The van der Waals surface area contributed by atoms with Crippen molar-refractivity contribution in [2.45, 2.75) is 27.3 Å². The normalized spacial score (nSPS) is 10.7. The number of pyridine rings is 1. The average Bonchev–Trinajstić information content (AvgIpc) is 2.39. The van der Waals surface area contributed by atoms with Crippen molar-refractivity contribution in [3.05, 3.63) is 45.7 Å². The van der Waals surface area contributed by atoms with E-state index in [9.17, 15) is 9.59 Å². The molecule has 0 aliphatic heterocycles. The standard InChI is InChI=1S/C15H17NO3/c1-4-16-10(3)8-14(17)12-9-11(6-7-13(12)16)15(18)19-5-2/h6-9H,4-5H2,1-3H3. The first-order valence-electron chi connectivity index (χ1n) is 6.39. The van der Waals surface area contributed by atoms with Crippen LogP contribution >= 0.6 is 0 Å². The van der Waals surface area contributed by atoms with E-state index in [1.54, 1.807) is 31.2 Å². The summed E-state index contributed by atoms with van der Waals surface area (Å²) in [6.07, 6.45) is 0. The number of fused-ring (bicyclic) bond motifs is 1. The fraction of sp³-hybridized carbons (Fsp3) is 0.333. The first-order chi connectivity index (χ1) is 9.08. The van der Waals surface area contributed by atoms with E-state index >= 15 is 0 Å². The van der Waals surface area contributed by atoms with Crippen molar-refractivity contribution in [2.75, 3.05) is 6.61 Å². The molecular formula is C15H17NO3. The molecular weight excluding hydrogens is 242 g/mol. The van der Waals surface area contributed by atoms with Crippen molar-refractivity contribution in [3.63, 3.8) is 0 Å². The molecule has 0 bridgehead atoms. The van der Waals surface area contributed by atoms with Gasteiger partial charge in [0.1, 0.15) is 0 Å². The molecule has 0 aliphatic rings. The second kappa shape index (κ2) is 5.26. The summed E-state index contributed by atoms with van der Waals surface area (Å²) in [6.45, 7) is 6.79. The van der Waals surface area contributed by atoms with Gasteiger partial charge in [0.25, 0.3) is 0 Å². The van der Waals surface area contributed by atoms with Crippen LogP contribution in [0, 0.1) is 6.92 Å². The number of hydrogen-bond donors (Lipinski definition) is 0. The lowest BCUT2D eigenvalue weighted by molar-refractivity contribution is 0.0526. The van der Waals surface area contributed by atoms with Crippen molar-refractivity contribution in [1.29, 1.82) is 0 Å². The number of nitrogens with zero attached hydrogens (tertiary/aromatic N) is 1. The van der Waals surface area contributed by atoms with Gasteiger partial charge in [-0.2, -0.15) is 0 Å².